The molecule has 0 radical (unpaired) electrons. The van der Waals surface area contributed by atoms with Crippen LogP contribution in [0, 0.1) is 0 Å². The topological polar surface area (TPSA) is 40.5 Å². The Balaban J connectivity index is 1.96. The van der Waals surface area contributed by atoms with Gasteiger partial charge in [0.15, 0.2) is 0 Å². The first-order valence-electron chi connectivity index (χ1n) is 8.37. The van der Waals surface area contributed by atoms with Crippen LogP contribution in [0.2, 0.25) is 0 Å². The molecule has 1 unspecified atom stereocenters. The molecule has 0 heterocycles. The molecule has 3 heteroatoms. The average molecular weight is 331 g/mol. The van der Waals surface area contributed by atoms with E-state index in [-0.39, 0.29) is 12.3 Å². The van der Waals surface area contributed by atoms with Crippen LogP contribution in [-0.2, 0) is 4.79 Å². The van der Waals surface area contributed by atoms with E-state index in [2.05, 4.69) is 29.2 Å². The summed E-state index contributed by atoms with van der Waals surface area (Å²) in [5, 5.41) is 8.98. The van der Waals surface area contributed by atoms with Gasteiger partial charge in [-0.3, -0.25) is 4.79 Å². The van der Waals surface area contributed by atoms with E-state index in [9.17, 15) is 4.79 Å². The average Bonchev–Trinajstić information content (AvgIpc) is 2.64. The standard InChI is InChI=1S/C22H21NO2/c1-17(16-22(24)25)18-12-14-21(15-13-18)23(19-8-4-2-5-9-19)20-10-6-3-7-11-20/h2-15,17H,16H2,1H3,(H,24,25). The second kappa shape index (κ2) is 7.67. The Morgan fingerprint density at radius 1 is 0.800 bits per heavy atom. The zero-order valence-corrected chi connectivity index (χ0v) is 14.2. The van der Waals surface area contributed by atoms with Gasteiger partial charge >= 0.3 is 5.97 Å². The molecule has 0 saturated heterocycles. The maximum absolute atomic E-state index is 10.9. The van der Waals surface area contributed by atoms with Crippen molar-refractivity contribution in [3.8, 4) is 0 Å². The molecule has 0 fully saturated rings. The molecule has 25 heavy (non-hydrogen) atoms. The van der Waals surface area contributed by atoms with Crippen molar-refractivity contribution in [2.24, 2.45) is 0 Å². The number of carboxylic acid groups (broad SMARTS) is 1. The second-order valence-corrected chi connectivity index (χ2v) is 6.10. The lowest BCUT2D eigenvalue weighted by Crippen LogP contribution is -2.10. The quantitative estimate of drug-likeness (QED) is 0.626. The molecule has 1 atom stereocenters. The van der Waals surface area contributed by atoms with Crippen molar-refractivity contribution in [1.29, 1.82) is 0 Å². The van der Waals surface area contributed by atoms with Crippen LogP contribution in [0.4, 0.5) is 17.1 Å². The van der Waals surface area contributed by atoms with Gasteiger partial charge in [-0.05, 0) is 47.9 Å². The summed E-state index contributed by atoms with van der Waals surface area (Å²) in [7, 11) is 0. The zero-order valence-electron chi connectivity index (χ0n) is 14.2. The maximum atomic E-state index is 10.9. The van der Waals surface area contributed by atoms with Gasteiger partial charge in [-0.2, -0.15) is 0 Å². The first-order valence-corrected chi connectivity index (χ1v) is 8.37. The normalized spacial score (nSPS) is 11.7. The molecule has 0 aliphatic carbocycles. The fraction of sp³-hybridized carbons (Fsp3) is 0.136. The Morgan fingerprint density at radius 3 is 1.68 bits per heavy atom. The minimum absolute atomic E-state index is 0.00606. The van der Waals surface area contributed by atoms with Crippen LogP contribution in [0.3, 0.4) is 0 Å². The lowest BCUT2D eigenvalue weighted by atomic mass is 9.97. The fourth-order valence-corrected chi connectivity index (χ4v) is 2.93. The van der Waals surface area contributed by atoms with Gasteiger partial charge in [0.05, 0.1) is 6.42 Å². The van der Waals surface area contributed by atoms with Crippen LogP contribution < -0.4 is 4.90 Å². The molecule has 1 N–H and O–H groups in total. The molecule has 0 saturated carbocycles. The van der Waals surface area contributed by atoms with Crippen molar-refractivity contribution in [2.75, 3.05) is 4.90 Å². The van der Waals surface area contributed by atoms with E-state index >= 15 is 0 Å². The molecule has 0 spiro atoms. The number of rotatable bonds is 6. The van der Waals surface area contributed by atoms with Gasteiger partial charge in [-0.15, -0.1) is 0 Å². The summed E-state index contributed by atoms with van der Waals surface area (Å²) < 4.78 is 0. The summed E-state index contributed by atoms with van der Waals surface area (Å²) in [4.78, 5) is 13.1. The summed E-state index contributed by atoms with van der Waals surface area (Å²) in [5.41, 5.74) is 4.25. The number of anilines is 3. The lowest BCUT2D eigenvalue weighted by molar-refractivity contribution is -0.137. The molecule has 126 valence electrons. The van der Waals surface area contributed by atoms with E-state index in [0.717, 1.165) is 22.6 Å². The van der Waals surface area contributed by atoms with E-state index in [4.69, 9.17) is 5.11 Å². The van der Waals surface area contributed by atoms with Crippen LogP contribution in [0.5, 0.6) is 0 Å². The molecular formula is C22H21NO2. The van der Waals surface area contributed by atoms with Crippen LogP contribution >= 0.6 is 0 Å². The smallest absolute Gasteiger partial charge is 0.303 e. The van der Waals surface area contributed by atoms with E-state index in [0.29, 0.717) is 0 Å². The Bertz CT molecular complexity index is 774. The minimum atomic E-state index is -0.772. The van der Waals surface area contributed by atoms with Crippen molar-refractivity contribution < 1.29 is 9.90 Å². The molecule has 3 rings (SSSR count). The monoisotopic (exact) mass is 331 g/mol. The number of hydrogen-bond donors (Lipinski definition) is 1. The summed E-state index contributed by atoms with van der Waals surface area (Å²) in [6.45, 7) is 1.94. The van der Waals surface area contributed by atoms with Crippen LogP contribution in [0.1, 0.15) is 24.8 Å². The van der Waals surface area contributed by atoms with Gasteiger partial charge in [0, 0.05) is 17.1 Å². The van der Waals surface area contributed by atoms with Crippen molar-refractivity contribution in [3.63, 3.8) is 0 Å². The van der Waals surface area contributed by atoms with Crippen molar-refractivity contribution in [2.45, 2.75) is 19.3 Å². The molecule has 3 aromatic carbocycles. The number of carbonyl (C=O) groups is 1. The van der Waals surface area contributed by atoms with Gasteiger partial charge in [-0.1, -0.05) is 55.5 Å². The predicted molar refractivity (Wildman–Crippen MR) is 102 cm³/mol. The third-order valence-corrected chi connectivity index (χ3v) is 4.23. The number of aliphatic carboxylic acids is 1. The zero-order chi connectivity index (χ0) is 17.6. The van der Waals surface area contributed by atoms with E-state index < -0.39 is 5.97 Å². The molecule has 3 nitrogen and oxygen atoms in total. The number of carboxylic acids is 1. The lowest BCUT2D eigenvalue weighted by Gasteiger charge is -2.25. The maximum Gasteiger partial charge on any atom is 0.303 e. The SMILES string of the molecule is CC(CC(=O)O)c1ccc(N(c2ccccc2)c2ccccc2)cc1. The highest BCUT2D eigenvalue weighted by Crippen LogP contribution is 2.34. The number of para-hydroxylation sites is 2. The van der Waals surface area contributed by atoms with Gasteiger partial charge in [0.25, 0.3) is 0 Å². The van der Waals surface area contributed by atoms with Crippen LogP contribution in [0.15, 0.2) is 84.9 Å². The highest BCUT2D eigenvalue weighted by molar-refractivity contribution is 5.76. The Labute approximate surface area is 148 Å². The summed E-state index contributed by atoms with van der Waals surface area (Å²) >= 11 is 0. The summed E-state index contributed by atoms with van der Waals surface area (Å²) in [5.74, 6) is -0.778. The summed E-state index contributed by atoms with van der Waals surface area (Å²) in [6, 6.07) is 28.5. The van der Waals surface area contributed by atoms with Crippen molar-refractivity contribution >= 4 is 23.0 Å². The minimum Gasteiger partial charge on any atom is -0.481 e. The first kappa shape index (κ1) is 16.8. The molecule has 3 aromatic rings. The van der Waals surface area contributed by atoms with Gasteiger partial charge < -0.3 is 10.0 Å². The third-order valence-electron chi connectivity index (χ3n) is 4.23. The molecule has 0 aliphatic rings. The fourth-order valence-electron chi connectivity index (χ4n) is 2.93. The molecule has 0 amide bonds. The Kier molecular flexibility index (Phi) is 5.14. The number of hydrogen-bond acceptors (Lipinski definition) is 2. The predicted octanol–water partition coefficient (Wildman–Crippen LogP) is 5.73. The van der Waals surface area contributed by atoms with Crippen molar-refractivity contribution in [3.05, 3.63) is 90.5 Å². The van der Waals surface area contributed by atoms with Crippen molar-refractivity contribution in [1.82, 2.24) is 0 Å². The first-order chi connectivity index (χ1) is 12.1. The van der Waals surface area contributed by atoms with Gasteiger partial charge in [0.2, 0.25) is 0 Å². The van der Waals surface area contributed by atoms with E-state index in [1.165, 1.54) is 0 Å². The highest BCUT2D eigenvalue weighted by Gasteiger charge is 2.14. The van der Waals surface area contributed by atoms with Crippen LogP contribution in [0.25, 0.3) is 0 Å². The molecular weight excluding hydrogens is 310 g/mol. The molecule has 0 aliphatic heterocycles. The molecule has 0 bridgehead atoms. The largest absolute Gasteiger partial charge is 0.481 e. The van der Waals surface area contributed by atoms with E-state index in [1.807, 2.05) is 67.6 Å². The molecule has 0 aromatic heterocycles. The van der Waals surface area contributed by atoms with Gasteiger partial charge in [0.1, 0.15) is 0 Å². The highest BCUT2D eigenvalue weighted by atomic mass is 16.4. The Hall–Kier alpha value is -3.07. The van der Waals surface area contributed by atoms with E-state index in [1.54, 1.807) is 0 Å². The summed E-state index contributed by atoms with van der Waals surface area (Å²) in [6.07, 6.45) is 0.139. The second-order valence-electron chi connectivity index (χ2n) is 6.10. The third kappa shape index (κ3) is 4.07. The Morgan fingerprint density at radius 2 is 1.24 bits per heavy atom. The number of nitrogens with zero attached hydrogens (tertiary/aromatic N) is 1. The van der Waals surface area contributed by atoms with Gasteiger partial charge in [-0.25, -0.2) is 0 Å². The number of benzene rings is 3. The van der Waals surface area contributed by atoms with Crippen LogP contribution in [-0.4, -0.2) is 11.1 Å².